The monoisotopic (exact) mass is 330 g/mol. The van der Waals surface area contributed by atoms with E-state index >= 15 is 0 Å². The van der Waals surface area contributed by atoms with E-state index in [1.807, 2.05) is 18.3 Å². The van der Waals surface area contributed by atoms with Crippen LogP contribution in [0.2, 0.25) is 0 Å². The lowest BCUT2D eigenvalue weighted by Crippen LogP contribution is -2.30. The number of pyridine rings is 1. The highest BCUT2D eigenvalue weighted by Crippen LogP contribution is 2.27. The highest BCUT2D eigenvalue weighted by Gasteiger charge is 2.15. The molecule has 1 aromatic heterocycles. The number of nitrogens with one attached hydrogen (secondary N) is 1. The molecule has 3 nitrogen and oxygen atoms in total. The van der Waals surface area contributed by atoms with Crippen LogP contribution in [-0.2, 0) is 4.74 Å². The molecule has 1 aromatic rings. The Morgan fingerprint density at radius 2 is 2.56 bits per heavy atom. The number of thioether (sulfide) groups is 1. The molecule has 0 saturated carbocycles. The van der Waals surface area contributed by atoms with Crippen molar-refractivity contribution in [2.24, 2.45) is 0 Å². The number of hydrogen-bond donors (Lipinski definition) is 1. The van der Waals surface area contributed by atoms with Crippen molar-refractivity contribution in [1.29, 1.82) is 0 Å². The number of nitrogens with zero attached hydrogens (tertiary/aromatic N) is 1. The SMILES string of the molecule is CC(CNCC1CCCO1)Sc1ncccc1Br. The molecular weight excluding hydrogens is 312 g/mol. The summed E-state index contributed by atoms with van der Waals surface area (Å²) in [7, 11) is 0. The highest BCUT2D eigenvalue weighted by molar-refractivity contribution is 9.10. The van der Waals surface area contributed by atoms with Gasteiger partial charge in [0.2, 0.25) is 0 Å². The van der Waals surface area contributed by atoms with Crippen LogP contribution in [-0.4, -0.2) is 36.0 Å². The van der Waals surface area contributed by atoms with Crippen LogP contribution in [0.5, 0.6) is 0 Å². The molecule has 1 N–H and O–H groups in total. The normalized spacial score (nSPS) is 21.1. The van der Waals surface area contributed by atoms with Gasteiger partial charge in [0.1, 0.15) is 5.03 Å². The first kappa shape index (κ1) is 14.3. The van der Waals surface area contributed by atoms with E-state index in [9.17, 15) is 0 Å². The van der Waals surface area contributed by atoms with Crippen molar-refractivity contribution in [3.05, 3.63) is 22.8 Å². The average Bonchev–Trinajstić information content (AvgIpc) is 2.85. The molecule has 1 aliphatic rings. The van der Waals surface area contributed by atoms with Crippen LogP contribution < -0.4 is 5.32 Å². The Kier molecular flexibility index (Phi) is 5.95. The van der Waals surface area contributed by atoms with Crippen molar-refractivity contribution >= 4 is 27.7 Å². The maximum absolute atomic E-state index is 5.58. The molecule has 2 heterocycles. The first-order valence-corrected chi connectivity index (χ1v) is 8.02. The molecule has 1 saturated heterocycles. The molecular formula is C13H19BrN2OS. The van der Waals surface area contributed by atoms with Crippen LogP contribution >= 0.6 is 27.7 Å². The molecule has 0 radical (unpaired) electrons. The summed E-state index contributed by atoms with van der Waals surface area (Å²) in [6.45, 7) is 5.09. The first-order chi connectivity index (χ1) is 8.75. The highest BCUT2D eigenvalue weighted by atomic mass is 79.9. The fourth-order valence-corrected chi connectivity index (χ4v) is 3.36. The van der Waals surface area contributed by atoms with Crippen molar-refractivity contribution < 1.29 is 4.74 Å². The topological polar surface area (TPSA) is 34.1 Å². The molecule has 2 unspecified atom stereocenters. The van der Waals surface area contributed by atoms with Gasteiger partial charge in [-0.3, -0.25) is 0 Å². The van der Waals surface area contributed by atoms with Crippen LogP contribution in [0.1, 0.15) is 19.8 Å². The molecule has 2 atom stereocenters. The second-order valence-corrected chi connectivity index (χ2v) is 6.79. The second-order valence-electron chi connectivity index (χ2n) is 4.51. The maximum Gasteiger partial charge on any atom is 0.110 e. The zero-order valence-electron chi connectivity index (χ0n) is 10.6. The molecule has 0 aliphatic carbocycles. The van der Waals surface area contributed by atoms with Crippen molar-refractivity contribution in [3.63, 3.8) is 0 Å². The molecule has 1 aliphatic heterocycles. The van der Waals surface area contributed by atoms with Crippen molar-refractivity contribution in [1.82, 2.24) is 10.3 Å². The van der Waals surface area contributed by atoms with E-state index in [0.29, 0.717) is 11.4 Å². The van der Waals surface area contributed by atoms with Crippen molar-refractivity contribution in [3.8, 4) is 0 Å². The second kappa shape index (κ2) is 7.48. The summed E-state index contributed by atoms with van der Waals surface area (Å²) in [5.41, 5.74) is 0. The van der Waals surface area contributed by atoms with Gasteiger partial charge in [0.05, 0.1) is 6.10 Å². The Morgan fingerprint density at radius 3 is 3.28 bits per heavy atom. The Labute approximate surface area is 121 Å². The summed E-state index contributed by atoms with van der Waals surface area (Å²) in [4.78, 5) is 4.37. The fourth-order valence-electron chi connectivity index (χ4n) is 1.94. The number of aromatic nitrogens is 1. The Hall–Kier alpha value is -0.100. The lowest BCUT2D eigenvalue weighted by molar-refractivity contribution is 0.110. The number of hydrogen-bond acceptors (Lipinski definition) is 4. The van der Waals surface area contributed by atoms with Crippen molar-refractivity contribution in [2.45, 2.75) is 36.1 Å². The van der Waals surface area contributed by atoms with Gasteiger partial charge in [-0.05, 0) is 40.9 Å². The minimum Gasteiger partial charge on any atom is -0.377 e. The van der Waals surface area contributed by atoms with Gasteiger partial charge in [-0.1, -0.05) is 6.92 Å². The zero-order valence-corrected chi connectivity index (χ0v) is 13.0. The Balaban J connectivity index is 1.68. The summed E-state index contributed by atoms with van der Waals surface area (Å²) in [6.07, 6.45) is 4.65. The smallest absolute Gasteiger partial charge is 0.110 e. The summed E-state index contributed by atoms with van der Waals surface area (Å²) in [6, 6.07) is 3.97. The predicted molar refractivity (Wildman–Crippen MR) is 79.1 cm³/mol. The van der Waals surface area contributed by atoms with Gasteiger partial charge in [-0.25, -0.2) is 4.98 Å². The van der Waals surface area contributed by atoms with Gasteiger partial charge in [0.15, 0.2) is 0 Å². The first-order valence-electron chi connectivity index (χ1n) is 6.35. The van der Waals surface area contributed by atoms with Crippen LogP contribution in [0.3, 0.4) is 0 Å². The predicted octanol–water partition coefficient (Wildman–Crippen LogP) is 3.09. The molecule has 0 bridgehead atoms. The summed E-state index contributed by atoms with van der Waals surface area (Å²) < 4.78 is 6.65. The van der Waals surface area contributed by atoms with Crippen LogP contribution in [0.15, 0.2) is 27.8 Å². The third kappa shape index (κ3) is 4.53. The van der Waals surface area contributed by atoms with E-state index in [0.717, 1.165) is 29.2 Å². The van der Waals surface area contributed by atoms with Crippen LogP contribution in [0, 0.1) is 0 Å². The molecule has 0 amide bonds. The molecule has 5 heteroatoms. The van der Waals surface area contributed by atoms with Gasteiger partial charge >= 0.3 is 0 Å². The molecule has 100 valence electrons. The van der Waals surface area contributed by atoms with E-state index in [4.69, 9.17) is 4.74 Å². The quantitative estimate of drug-likeness (QED) is 0.813. The summed E-state index contributed by atoms with van der Waals surface area (Å²) >= 11 is 5.31. The minimum absolute atomic E-state index is 0.420. The Morgan fingerprint density at radius 1 is 1.67 bits per heavy atom. The number of halogens is 1. The lowest BCUT2D eigenvalue weighted by atomic mass is 10.2. The van der Waals surface area contributed by atoms with E-state index in [2.05, 4.69) is 33.2 Å². The molecule has 2 rings (SSSR count). The van der Waals surface area contributed by atoms with Gasteiger partial charge in [0.25, 0.3) is 0 Å². The third-order valence-corrected chi connectivity index (χ3v) is 4.89. The van der Waals surface area contributed by atoms with Gasteiger partial charge in [-0.15, -0.1) is 11.8 Å². The lowest BCUT2D eigenvalue weighted by Gasteiger charge is -2.15. The summed E-state index contributed by atoms with van der Waals surface area (Å²) in [5, 5.41) is 5.03. The minimum atomic E-state index is 0.420. The fraction of sp³-hybridized carbons (Fsp3) is 0.615. The molecule has 0 spiro atoms. The van der Waals surface area contributed by atoms with Gasteiger partial charge in [0, 0.05) is 35.6 Å². The largest absolute Gasteiger partial charge is 0.377 e. The number of ether oxygens (including phenoxy) is 1. The molecule has 18 heavy (non-hydrogen) atoms. The van der Waals surface area contributed by atoms with E-state index < -0.39 is 0 Å². The van der Waals surface area contributed by atoms with Crippen molar-refractivity contribution in [2.75, 3.05) is 19.7 Å². The zero-order chi connectivity index (χ0) is 12.8. The van der Waals surface area contributed by atoms with E-state index in [1.54, 1.807) is 11.8 Å². The average molecular weight is 331 g/mol. The molecule has 0 aromatic carbocycles. The molecule has 1 fully saturated rings. The maximum atomic E-state index is 5.58. The third-order valence-electron chi connectivity index (χ3n) is 2.87. The van der Waals surface area contributed by atoms with Gasteiger partial charge < -0.3 is 10.1 Å². The van der Waals surface area contributed by atoms with E-state index in [1.165, 1.54) is 12.8 Å². The standard InChI is InChI=1S/C13H19BrN2OS/c1-10(8-15-9-11-4-3-7-17-11)18-13-12(14)5-2-6-16-13/h2,5-6,10-11,15H,3-4,7-9H2,1H3. The van der Waals surface area contributed by atoms with Gasteiger partial charge in [-0.2, -0.15) is 0 Å². The summed E-state index contributed by atoms with van der Waals surface area (Å²) in [5.74, 6) is 0. The van der Waals surface area contributed by atoms with Crippen LogP contribution in [0.25, 0.3) is 0 Å². The van der Waals surface area contributed by atoms with Crippen LogP contribution in [0.4, 0.5) is 0 Å². The van der Waals surface area contributed by atoms with E-state index in [-0.39, 0.29) is 0 Å². The Bertz CT molecular complexity index is 372. The number of rotatable bonds is 6.